The fraction of sp³-hybridized carbons (Fsp3) is 0.429. The van der Waals surface area contributed by atoms with Crippen molar-refractivity contribution in [3.63, 3.8) is 0 Å². The molecule has 1 aliphatic heterocycles. The van der Waals surface area contributed by atoms with Crippen molar-refractivity contribution in [2.24, 2.45) is 0 Å². The SMILES string of the molecule is C[C@@H]1CC[C@H](CCc2nc3c(-c4cnc(CO)s4)cnn3c(N)c2S(C)(=O)=O)N1C(=O)c1ncn[nH]1. The van der Waals surface area contributed by atoms with E-state index in [1.807, 2.05) is 6.92 Å². The number of thiazole rings is 1. The van der Waals surface area contributed by atoms with Crippen molar-refractivity contribution in [2.75, 3.05) is 12.0 Å². The lowest BCUT2D eigenvalue weighted by Gasteiger charge is -2.28. The predicted octanol–water partition coefficient (Wildman–Crippen LogP) is 1.07. The number of hydrogen-bond donors (Lipinski definition) is 3. The standard InChI is InChI=1S/C21H25N9O4S2/c1-11-3-4-12(29(11)21(32)19-24-10-25-28-19)5-6-14-17(36(2,33)34)18(22)30-20(27-14)13(7-26-30)15-8-23-16(9-31)35-15/h7-8,10-12,31H,3-6,9,22H2,1-2H3,(H,24,25,28)/t11-,12-/m1/s1. The van der Waals surface area contributed by atoms with E-state index < -0.39 is 9.84 Å². The largest absolute Gasteiger partial charge is 0.389 e. The molecule has 5 rings (SSSR count). The highest BCUT2D eigenvalue weighted by atomic mass is 32.2. The van der Waals surface area contributed by atoms with Gasteiger partial charge in [-0.1, -0.05) is 0 Å². The van der Waals surface area contributed by atoms with Crippen molar-refractivity contribution in [1.29, 1.82) is 0 Å². The summed E-state index contributed by atoms with van der Waals surface area (Å²) in [5, 5.41) is 20.6. The average molecular weight is 532 g/mol. The summed E-state index contributed by atoms with van der Waals surface area (Å²) in [6.45, 7) is 1.79. The number of H-pyrrole nitrogens is 1. The van der Waals surface area contributed by atoms with Crippen LogP contribution in [0.1, 0.15) is 47.5 Å². The number of amides is 1. The average Bonchev–Trinajstić information content (AvgIpc) is 3.62. The Labute approximate surface area is 210 Å². The van der Waals surface area contributed by atoms with Crippen LogP contribution in [0.2, 0.25) is 0 Å². The highest BCUT2D eigenvalue weighted by Crippen LogP contribution is 2.34. The number of nitrogens with one attached hydrogen (secondary N) is 1. The molecule has 0 saturated carbocycles. The summed E-state index contributed by atoms with van der Waals surface area (Å²) in [5.74, 6) is -0.0909. The summed E-state index contributed by atoms with van der Waals surface area (Å²) in [6.07, 6.45) is 7.93. The van der Waals surface area contributed by atoms with Gasteiger partial charge < -0.3 is 15.7 Å². The molecule has 5 heterocycles. The fourth-order valence-corrected chi connectivity index (χ4v) is 6.58. The molecule has 0 unspecified atom stereocenters. The molecule has 36 heavy (non-hydrogen) atoms. The minimum atomic E-state index is -3.73. The molecular formula is C21H25N9O4S2. The van der Waals surface area contributed by atoms with E-state index in [0.717, 1.165) is 24.0 Å². The van der Waals surface area contributed by atoms with E-state index in [-0.39, 0.29) is 47.6 Å². The number of likely N-dealkylation sites (tertiary alicyclic amines) is 1. The van der Waals surface area contributed by atoms with Gasteiger partial charge in [-0.05, 0) is 32.6 Å². The van der Waals surface area contributed by atoms with Crippen molar-refractivity contribution in [2.45, 2.75) is 56.2 Å². The third kappa shape index (κ3) is 4.22. The van der Waals surface area contributed by atoms with Gasteiger partial charge in [0.2, 0.25) is 5.82 Å². The molecule has 2 atom stereocenters. The Balaban J connectivity index is 1.51. The molecule has 1 aliphatic rings. The van der Waals surface area contributed by atoms with Gasteiger partial charge in [0.1, 0.15) is 22.0 Å². The number of aromatic nitrogens is 7. The number of nitrogens with two attached hydrogens (primary N) is 1. The number of carbonyl (C=O) groups excluding carboxylic acids is 1. The van der Waals surface area contributed by atoms with Crippen molar-refractivity contribution >= 4 is 38.5 Å². The van der Waals surface area contributed by atoms with Crippen LogP contribution in [-0.2, 0) is 22.9 Å². The molecule has 0 bridgehead atoms. The highest BCUT2D eigenvalue weighted by Gasteiger charge is 2.36. The number of carbonyl (C=O) groups is 1. The number of aromatic amines is 1. The summed E-state index contributed by atoms with van der Waals surface area (Å²) < 4.78 is 26.8. The lowest BCUT2D eigenvalue weighted by Crippen LogP contribution is -2.40. The van der Waals surface area contributed by atoms with Crippen molar-refractivity contribution < 1.29 is 18.3 Å². The van der Waals surface area contributed by atoms with Crippen LogP contribution in [0.15, 0.2) is 23.6 Å². The van der Waals surface area contributed by atoms with Gasteiger partial charge in [-0.15, -0.1) is 11.3 Å². The Morgan fingerprint density at radius 3 is 2.78 bits per heavy atom. The molecule has 0 radical (unpaired) electrons. The first-order valence-electron chi connectivity index (χ1n) is 11.3. The van der Waals surface area contributed by atoms with Gasteiger partial charge in [-0.2, -0.15) is 14.7 Å². The van der Waals surface area contributed by atoms with Crippen LogP contribution >= 0.6 is 11.3 Å². The minimum absolute atomic E-state index is 0.0102. The van der Waals surface area contributed by atoms with E-state index in [0.29, 0.717) is 28.3 Å². The van der Waals surface area contributed by atoms with Gasteiger partial charge in [-0.3, -0.25) is 9.89 Å². The number of fused-ring (bicyclic) bond motifs is 1. The van der Waals surface area contributed by atoms with Crippen LogP contribution in [0.4, 0.5) is 5.82 Å². The number of anilines is 1. The number of rotatable bonds is 7. The molecule has 15 heteroatoms. The van der Waals surface area contributed by atoms with Crippen LogP contribution in [0.25, 0.3) is 16.1 Å². The second kappa shape index (κ2) is 9.22. The number of aliphatic hydroxyl groups excluding tert-OH is 1. The number of nitrogens with zero attached hydrogens (tertiary/aromatic N) is 7. The second-order valence-electron chi connectivity index (χ2n) is 8.78. The monoisotopic (exact) mass is 531 g/mol. The first-order valence-corrected chi connectivity index (χ1v) is 14.0. The maximum atomic E-state index is 13.0. The molecule has 0 aliphatic carbocycles. The van der Waals surface area contributed by atoms with Gasteiger partial charge in [0, 0.05) is 24.5 Å². The van der Waals surface area contributed by atoms with Gasteiger partial charge in [0.15, 0.2) is 15.5 Å². The Bertz CT molecular complexity index is 1530. The first kappa shape index (κ1) is 24.3. The first-order chi connectivity index (χ1) is 17.2. The van der Waals surface area contributed by atoms with Crippen molar-refractivity contribution in [3.05, 3.63) is 35.2 Å². The normalized spacial score (nSPS) is 18.4. The van der Waals surface area contributed by atoms with Crippen molar-refractivity contribution in [3.8, 4) is 10.4 Å². The zero-order valence-electron chi connectivity index (χ0n) is 19.6. The van der Waals surface area contributed by atoms with Gasteiger partial charge >= 0.3 is 0 Å². The molecule has 0 aromatic carbocycles. The Hall–Kier alpha value is -3.43. The number of aliphatic hydroxyl groups is 1. The van der Waals surface area contributed by atoms with E-state index in [4.69, 9.17) is 10.7 Å². The zero-order valence-corrected chi connectivity index (χ0v) is 21.3. The quantitative estimate of drug-likeness (QED) is 0.311. The van der Waals surface area contributed by atoms with Crippen LogP contribution in [0.5, 0.6) is 0 Å². The molecule has 1 fully saturated rings. The van der Waals surface area contributed by atoms with Crippen LogP contribution in [-0.4, -0.2) is 77.4 Å². The molecule has 4 aromatic heterocycles. The number of hydrogen-bond acceptors (Lipinski definition) is 11. The zero-order chi connectivity index (χ0) is 25.6. The summed E-state index contributed by atoms with van der Waals surface area (Å²) in [5.41, 5.74) is 7.68. The van der Waals surface area contributed by atoms with Crippen molar-refractivity contribution in [1.82, 2.24) is 39.7 Å². The van der Waals surface area contributed by atoms with E-state index in [1.54, 1.807) is 17.3 Å². The number of sulfone groups is 1. The van der Waals surface area contributed by atoms with Gasteiger partial charge in [0.25, 0.3) is 5.91 Å². The van der Waals surface area contributed by atoms with Crippen LogP contribution in [0, 0.1) is 0 Å². The maximum Gasteiger partial charge on any atom is 0.291 e. The van der Waals surface area contributed by atoms with E-state index >= 15 is 0 Å². The third-order valence-corrected chi connectivity index (χ3v) is 8.59. The molecule has 1 amide bonds. The maximum absolute atomic E-state index is 13.0. The highest BCUT2D eigenvalue weighted by molar-refractivity contribution is 7.91. The molecular weight excluding hydrogens is 506 g/mol. The fourth-order valence-electron chi connectivity index (χ4n) is 4.76. The molecule has 4 aromatic rings. The summed E-state index contributed by atoms with van der Waals surface area (Å²) >= 11 is 1.29. The van der Waals surface area contributed by atoms with Gasteiger partial charge in [-0.25, -0.2) is 23.4 Å². The van der Waals surface area contributed by atoms with E-state index in [1.165, 1.54) is 22.2 Å². The van der Waals surface area contributed by atoms with E-state index in [2.05, 4.69) is 25.3 Å². The summed E-state index contributed by atoms with van der Waals surface area (Å²) in [4.78, 5) is 28.3. The molecule has 4 N–H and O–H groups in total. The lowest BCUT2D eigenvalue weighted by atomic mass is 10.1. The Morgan fingerprint density at radius 1 is 1.31 bits per heavy atom. The summed E-state index contributed by atoms with van der Waals surface area (Å²) in [7, 11) is -3.73. The molecule has 13 nitrogen and oxygen atoms in total. The molecule has 190 valence electrons. The van der Waals surface area contributed by atoms with E-state index in [9.17, 15) is 18.3 Å². The molecule has 0 spiro atoms. The number of aryl methyl sites for hydroxylation is 1. The Morgan fingerprint density at radius 2 is 2.11 bits per heavy atom. The molecule has 1 saturated heterocycles. The number of nitrogen functional groups attached to an aromatic ring is 1. The third-order valence-electron chi connectivity index (χ3n) is 6.39. The van der Waals surface area contributed by atoms with Crippen LogP contribution < -0.4 is 5.73 Å². The lowest BCUT2D eigenvalue weighted by molar-refractivity contribution is 0.0660. The minimum Gasteiger partial charge on any atom is -0.389 e. The van der Waals surface area contributed by atoms with Gasteiger partial charge in [0.05, 0.1) is 28.9 Å². The second-order valence-corrected chi connectivity index (χ2v) is 11.8. The predicted molar refractivity (Wildman–Crippen MR) is 131 cm³/mol. The van der Waals surface area contributed by atoms with Crippen LogP contribution in [0.3, 0.4) is 0 Å². The summed E-state index contributed by atoms with van der Waals surface area (Å²) in [6, 6.07) is -0.113. The smallest absolute Gasteiger partial charge is 0.291 e. The Kier molecular flexibility index (Phi) is 6.22. The topological polar surface area (TPSA) is 185 Å².